The number of imide groups is 2. The first-order valence-electron chi connectivity index (χ1n) is 8.72. The Bertz CT molecular complexity index is 1190. The largest absolute Gasteiger partial charge is 0.496 e. The third-order valence-corrected chi connectivity index (χ3v) is 4.88. The third-order valence-electron chi connectivity index (χ3n) is 4.62. The number of fused-ring (bicyclic) bond motifs is 1. The van der Waals surface area contributed by atoms with Gasteiger partial charge in [-0.25, -0.2) is 9.69 Å². The van der Waals surface area contributed by atoms with Crippen LogP contribution in [-0.4, -0.2) is 25.0 Å². The van der Waals surface area contributed by atoms with Crippen molar-refractivity contribution in [2.45, 2.75) is 0 Å². The molecule has 0 saturated carbocycles. The molecule has 3 aromatic carbocycles. The molecule has 4 amide bonds. The van der Waals surface area contributed by atoms with E-state index in [-0.39, 0.29) is 5.57 Å². The average Bonchev–Trinajstić information content (AvgIpc) is 2.72. The molecule has 1 N–H and O–H groups in total. The van der Waals surface area contributed by atoms with Gasteiger partial charge in [0, 0.05) is 10.4 Å². The van der Waals surface area contributed by atoms with Crippen LogP contribution in [0.15, 0.2) is 66.2 Å². The van der Waals surface area contributed by atoms with E-state index in [2.05, 4.69) is 5.32 Å². The van der Waals surface area contributed by atoms with Gasteiger partial charge in [-0.1, -0.05) is 41.9 Å². The Balaban J connectivity index is 1.82. The van der Waals surface area contributed by atoms with Crippen molar-refractivity contribution in [1.29, 1.82) is 0 Å². The lowest BCUT2D eigenvalue weighted by atomic mass is 10.00. The molecular weight excluding hydrogens is 392 g/mol. The molecule has 1 aliphatic rings. The predicted octanol–water partition coefficient (Wildman–Crippen LogP) is 4.17. The minimum Gasteiger partial charge on any atom is -0.496 e. The minimum absolute atomic E-state index is 0.144. The summed E-state index contributed by atoms with van der Waals surface area (Å²) < 4.78 is 5.38. The van der Waals surface area contributed by atoms with Crippen LogP contribution in [0, 0.1) is 0 Å². The summed E-state index contributed by atoms with van der Waals surface area (Å²) in [4.78, 5) is 38.6. The van der Waals surface area contributed by atoms with E-state index in [1.165, 1.54) is 18.2 Å². The maximum Gasteiger partial charge on any atom is 0.335 e. The molecule has 0 aromatic heterocycles. The molecule has 1 fully saturated rings. The number of carbonyl (C=O) groups is 3. The van der Waals surface area contributed by atoms with E-state index in [0.717, 1.165) is 15.7 Å². The number of benzene rings is 3. The Hall–Kier alpha value is -3.64. The molecular formula is C22H15ClN2O4. The molecule has 0 radical (unpaired) electrons. The van der Waals surface area contributed by atoms with E-state index in [1.54, 1.807) is 31.4 Å². The summed E-state index contributed by atoms with van der Waals surface area (Å²) in [6.07, 6.45) is 1.48. The summed E-state index contributed by atoms with van der Waals surface area (Å²) in [7, 11) is 1.58. The minimum atomic E-state index is -0.806. The van der Waals surface area contributed by atoms with Gasteiger partial charge in [0.2, 0.25) is 0 Å². The number of anilines is 1. The number of methoxy groups -OCH3 is 1. The molecule has 0 atom stereocenters. The molecule has 0 unspecified atom stereocenters. The van der Waals surface area contributed by atoms with Crippen molar-refractivity contribution in [1.82, 2.24) is 5.32 Å². The smallest absolute Gasteiger partial charge is 0.335 e. The zero-order chi connectivity index (χ0) is 20.5. The molecule has 29 heavy (non-hydrogen) atoms. The van der Waals surface area contributed by atoms with Crippen LogP contribution in [0.3, 0.4) is 0 Å². The first-order valence-corrected chi connectivity index (χ1v) is 9.10. The van der Waals surface area contributed by atoms with Gasteiger partial charge in [-0.15, -0.1) is 0 Å². The molecule has 0 aliphatic carbocycles. The number of nitrogens with zero attached hydrogens (tertiary/aromatic N) is 1. The van der Waals surface area contributed by atoms with E-state index in [9.17, 15) is 14.4 Å². The van der Waals surface area contributed by atoms with Crippen molar-refractivity contribution in [2.24, 2.45) is 0 Å². The topological polar surface area (TPSA) is 75.7 Å². The Morgan fingerprint density at radius 2 is 1.62 bits per heavy atom. The van der Waals surface area contributed by atoms with E-state index in [4.69, 9.17) is 16.3 Å². The highest BCUT2D eigenvalue weighted by molar-refractivity contribution is 6.39. The molecule has 1 saturated heterocycles. The number of amides is 4. The van der Waals surface area contributed by atoms with E-state index in [1.807, 2.05) is 24.3 Å². The molecule has 0 spiro atoms. The van der Waals surface area contributed by atoms with Crippen molar-refractivity contribution < 1.29 is 19.1 Å². The van der Waals surface area contributed by atoms with E-state index in [0.29, 0.717) is 22.0 Å². The van der Waals surface area contributed by atoms with Gasteiger partial charge in [0.1, 0.15) is 11.3 Å². The fourth-order valence-electron chi connectivity index (χ4n) is 3.24. The van der Waals surface area contributed by atoms with Crippen LogP contribution in [0.4, 0.5) is 10.5 Å². The van der Waals surface area contributed by atoms with E-state index < -0.39 is 17.8 Å². The lowest BCUT2D eigenvalue weighted by Gasteiger charge is -2.26. The van der Waals surface area contributed by atoms with Gasteiger partial charge in [-0.3, -0.25) is 14.9 Å². The lowest BCUT2D eigenvalue weighted by molar-refractivity contribution is -0.122. The average molecular weight is 407 g/mol. The van der Waals surface area contributed by atoms with Gasteiger partial charge in [0.25, 0.3) is 11.8 Å². The summed E-state index contributed by atoms with van der Waals surface area (Å²) in [6, 6.07) is 16.4. The number of nitrogens with one attached hydrogen (secondary N) is 1. The zero-order valence-electron chi connectivity index (χ0n) is 15.3. The normalized spacial score (nSPS) is 15.7. The lowest BCUT2D eigenvalue weighted by Crippen LogP contribution is -2.54. The maximum absolute atomic E-state index is 13.0. The number of ether oxygens (including phenoxy) is 1. The highest BCUT2D eigenvalue weighted by atomic mass is 35.5. The van der Waals surface area contributed by atoms with Crippen LogP contribution in [0.2, 0.25) is 5.02 Å². The monoisotopic (exact) mass is 406 g/mol. The molecule has 4 rings (SSSR count). The Morgan fingerprint density at radius 3 is 2.31 bits per heavy atom. The second-order valence-electron chi connectivity index (χ2n) is 6.34. The number of rotatable bonds is 3. The maximum atomic E-state index is 13.0. The molecule has 0 bridgehead atoms. The first kappa shape index (κ1) is 18.7. The van der Waals surface area contributed by atoms with Crippen LogP contribution >= 0.6 is 11.6 Å². The number of urea groups is 1. The van der Waals surface area contributed by atoms with Crippen LogP contribution in [0.25, 0.3) is 16.8 Å². The van der Waals surface area contributed by atoms with E-state index >= 15 is 0 Å². The molecule has 6 nitrogen and oxygen atoms in total. The van der Waals surface area contributed by atoms with Crippen molar-refractivity contribution in [3.63, 3.8) is 0 Å². The van der Waals surface area contributed by atoms with Crippen molar-refractivity contribution >= 4 is 52.0 Å². The Morgan fingerprint density at radius 1 is 0.931 bits per heavy atom. The highest BCUT2D eigenvalue weighted by Gasteiger charge is 2.36. The molecule has 1 heterocycles. The number of halogens is 1. The van der Waals surface area contributed by atoms with Crippen LogP contribution in [-0.2, 0) is 9.59 Å². The number of barbiturate groups is 1. The number of carbonyl (C=O) groups excluding carboxylic acids is 3. The number of hydrogen-bond acceptors (Lipinski definition) is 4. The molecule has 3 aromatic rings. The summed E-state index contributed by atoms with van der Waals surface area (Å²) in [6.45, 7) is 0. The van der Waals surface area contributed by atoms with Crippen LogP contribution in [0.5, 0.6) is 5.75 Å². The predicted molar refractivity (Wildman–Crippen MR) is 111 cm³/mol. The fraction of sp³-hybridized carbons (Fsp3) is 0.0455. The summed E-state index contributed by atoms with van der Waals surface area (Å²) in [5.41, 5.74) is 0.829. The number of hydrogen-bond donors (Lipinski definition) is 1. The fourth-order valence-corrected chi connectivity index (χ4v) is 3.36. The van der Waals surface area contributed by atoms with Gasteiger partial charge >= 0.3 is 6.03 Å². The highest BCUT2D eigenvalue weighted by Crippen LogP contribution is 2.30. The van der Waals surface area contributed by atoms with Gasteiger partial charge in [-0.05, 0) is 47.4 Å². The van der Waals surface area contributed by atoms with Gasteiger partial charge < -0.3 is 4.74 Å². The Kier molecular flexibility index (Phi) is 4.78. The molecule has 144 valence electrons. The zero-order valence-corrected chi connectivity index (χ0v) is 16.1. The van der Waals surface area contributed by atoms with Crippen LogP contribution < -0.4 is 15.0 Å². The van der Waals surface area contributed by atoms with Crippen LogP contribution in [0.1, 0.15) is 5.56 Å². The standard InChI is InChI=1S/C22H15ClN2O4/c1-29-19-11-6-13(16-4-2-3-5-17(16)19)12-18-20(26)24-22(28)25(21(18)27)15-9-7-14(23)8-10-15/h2-12H,1H3,(H,24,26,28). The molecule has 1 aliphatic heterocycles. The Labute approximate surface area is 171 Å². The molecule has 7 heteroatoms. The summed E-state index contributed by atoms with van der Waals surface area (Å²) in [5, 5.41) is 4.34. The van der Waals surface area contributed by atoms with Gasteiger partial charge in [0.15, 0.2) is 0 Å². The second kappa shape index (κ2) is 7.41. The van der Waals surface area contributed by atoms with Crippen molar-refractivity contribution in [2.75, 3.05) is 12.0 Å². The quantitative estimate of drug-likeness (QED) is 0.523. The summed E-state index contributed by atoms with van der Waals surface area (Å²) in [5.74, 6) is -0.772. The third kappa shape index (κ3) is 3.34. The second-order valence-corrected chi connectivity index (χ2v) is 6.77. The first-order chi connectivity index (χ1) is 14.0. The SMILES string of the molecule is COc1ccc(C=C2C(=O)NC(=O)N(c3ccc(Cl)cc3)C2=O)c2ccccc12. The van der Waals surface area contributed by atoms with Gasteiger partial charge in [0.05, 0.1) is 12.8 Å². The summed E-state index contributed by atoms with van der Waals surface area (Å²) >= 11 is 5.88. The van der Waals surface area contributed by atoms with Gasteiger partial charge in [-0.2, -0.15) is 0 Å². The van der Waals surface area contributed by atoms with Crippen molar-refractivity contribution in [3.05, 3.63) is 76.8 Å². The van der Waals surface area contributed by atoms with Crippen molar-refractivity contribution in [3.8, 4) is 5.75 Å².